The molecule has 1 aliphatic rings. The second-order valence-electron chi connectivity index (χ2n) is 7.03. The molecule has 27 heavy (non-hydrogen) atoms. The van der Waals surface area contributed by atoms with Gasteiger partial charge >= 0.3 is 0 Å². The fourth-order valence-electron chi connectivity index (χ4n) is 3.44. The first-order valence-corrected chi connectivity index (χ1v) is 9.65. The van der Waals surface area contributed by atoms with Crippen molar-refractivity contribution in [3.63, 3.8) is 0 Å². The molecule has 0 saturated heterocycles. The molecule has 1 heterocycles. The summed E-state index contributed by atoms with van der Waals surface area (Å²) in [6, 6.07) is 9.34. The minimum absolute atomic E-state index is 0.0253. The summed E-state index contributed by atoms with van der Waals surface area (Å²) in [5.74, 6) is 1.01. The molecule has 0 radical (unpaired) electrons. The molecule has 0 aliphatic heterocycles. The molecule has 1 saturated carbocycles. The van der Waals surface area contributed by atoms with Crippen LogP contribution in [0.15, 0.2) is 34.9 Å². The number of carbonyl (C=O) groups excluding carboxylic acids is 2. The monoisotopic (exact) mass is 389 g/mol. The first kappa shape index (κ1) is 19.4. The van der Waals surface area contributed by atoms with Crippen molar-refractivity contribution >= 4 is 29.2 Å². The highest BCUT2D eigenvalue weighted by Gasteiger charge is 2.30. The van der Waals surface area contributed by atoms with Crippen LogP contribution in [-0.4, -0.2) is 23.5 Å². The molecule has 0 unspecified atom stereocenters. The van der Waals surface area contributed by atoms with Crippen LogP contribution in [0.25, 0.3) is 0 Å². The molecule has 2 N–H and O–H groups in total. The lowest BCUT2D eigenvalue weighted by molar-refractivity contribution is -0.128. The molecule has 0 bridgehead atoms. The first-order valence-electron chi connectivity index (χ1n) is 9.27. The van der Waals surface area contributed by atoms with Crippen LogP contribution in [-0.2, 0) is 16.0 Å². The largest absolute Gasteiger partial charge is 0.360 e. The van der Waals surface area contributed by atoms with Gasteiger partial charge in [0.15, 0.2) is 5.82 Å². The van der Waals surface area contributed by atoms with Gasteiger partial charge in [0.1, 0.15) is 5.76 Å². The van der Waals surface area contributed by atoms with E-state index in [0.717, 1.165) is 24.8 Å². The van der Waals surface area contributed by atoms with E-state index < -0.39 is 0 Å². The molecule has 1 aromatic carbocycles. The Bertz CT molecular complexity index is 797. The van der Waals surface area contributed by atoms with E-state index in [0.29, 0.717) is 36.0 Å². The number of halogens is 1. The number of hydrogen-bond donors (Lipinski definition) is 2. The van der Waals surface area contributed by atoms with Gasteiger partial charge in [0.2, 0.25) is 11.8 Å². The van der Waals surface area contributed by atoms with E-state index in [2.05, 4.69) is 15.8 Å². The maximum absolute atomic E-state index is 12.4. The Morgan fingerprint density at radius 1 is 1.15 bits per heavy atom. The standard InChI is InChI=1S/C20H24ClN3O3/c1-13-11-18(24-27-13)23-20(26)16-7-5-15(6-8-16)19(25)22-10-9-14-3-2-4-17(21)12-14/h2-4,11-12,15-16H,5-10H2,1H3,(H,22,25)(H,23,24,26). The zero-order chi connectivity index (χ0) is 19.2. The molecule has 144 valence electrons. The fourth-order valence-corrected chi connectivity index (χ4v) is 3.65. The highest BCUT2D eigenvalue weighted by Crippen LogP contribution is 2.29. The van der Waals surface area contributed by atoms with Crippen molar-refractivity contribution in [3.8, 4) is 0 Å². The van der Waals surface area contributed by atoms with Crippen LogP contribution < -0.4 is 10.6 Å². The Kier molecular flexibility index (Phi) is 6.50. The summed E-state index contributed by atoms with van der Waals surface area (Å²) in [4.78, 5) is 24.7. The molecule has 3 rings (SSSR count). The number of aryl methyl sites for hydroxylation is 1. The van der Waals surface area contributed by atoms with E-state index >= 15 is 0 Å². The van der Waals surface area contributed by atoms with E-state index in [1.165, 1.54) is 0 Å². The number of nitrogens with zero attached hydrogens (tertiary/aromatic N) is 1. The van der Waals surface area contributed by atoms with Gasteiger partial charge in [-0.3, -0.25) is 9.59 Å². The van der Waals surface area contributed by atoms with Crippen LogP contribution in [0.2, 0.25) is 5.02 Å². The number of rotatable bonds is 6. The molecule has 1 fully saturated rings. The lowest BCUT2D eigenvalue weighted by atomic mass is 9.81. The number of carbonyl (C=O) groups is 2. The maximum atomic E-state index is 12.4. The van der Waals surface area contributed by atoms with E-state index in [4.69, 9.17) is 16.1 Å². The second kappa shape index (κ2) is 9.04. The van der Waals surface area contributed by atoms with Crippen molar-refractivity contribution in [2.75, 3.05) is 11.9 Å². The minimum Gasteiger partial charge on any atom is -0.360 e. The Balaban J connectivity index is 1.39. The molecular formula is C20H24ClN3O3. The van der Waals surface area contributed by atoms with Gasteiger partial charge in [0, 0.05) is 29.5 Å². The summed E-state index contributed by atoms with van der Waals surface area (Å²) < 4.78 is 4.95. The van der Waals surface area contributed by atoms with Crippen molar-refractivity contribution < 1.29 is 14.1 Å². The second-order valence-corrected chi connectivity index (χ2v) is 7.47. The zero-order valence-corrected chi connectivity index (χ0v) is 16.1. The number of hydrogen-bond acceptors (Lipinski definition) is 4. The summed E-state index contributed by atoms with van der Waals surface area (Å²) in [6.07, 6.45) is 3.60. The third kappa shape index (κ3) is 5.57. The molecule has 1 aliphatic carbocycles. The van der Waals surface area contributed by atoms with Gasteiger partial charge in [-0.2, -0.15) is 0 Å². The minimum atomic E-state index is -0.0856. The zero-order valence-electron chi connectivity index (χ0n) is 15.3. The van der Waals surface area contributed by atoms with E-state index in [-0.39, 0.29) is 23.7 Å². The van der Waals surface area contributed by atoms with Crippen LogP contribution >= 0.6 is 11.6 Å². The Morgan fingerprint density at radius 2 is 1.85 bits per heavy atom. The summed E-state index contributed by atoms with van der Waals surface area (Å²) in [5.41, 5.74) is 1.10. The number of anilines is 1. The summed E-state index contributed by atoms with van der Waals surface area (Å²) in [6.45, 7) is 2.37. The van der Waals surface area contributed by atoms with Crippen LogP contribution in [0.5, 0.6) is 0 Å². The smallest absolute Gasteiger partial charge is 0.228 e. The lowest BCUT2D eigenvalue weighted by Gasteiger charge is -2.26. The van der Waals surface area contributed by atoms with Crippen LogP contribution in [0.3, 0.4) is 0 Å². The molecule has 0 spiro atoms. The number of nitrogens with one attached hydrogen (secondary N) is 2. The van der Waals surface area contributed by atoms with E-state index in [1.807, 2.05) is 24.3 Å². The average molecular weight is 390 g/mol. The van der Waals surface area contributed by atoms with Gasteiger partial charge in [-0.1, -0.05) is 28.9 Å². The highest BCUT2D eigenvalue weighted by atomic mass is 35.5. The SMILES string of the molecule is Cc1cc(NC(=O)C2CCC(C(=O)NCCc3cccc(Cl)c3)CC2)no1. The predicted molar refractivity (Wildman–Crippen MR) is 103 cm³/mol. The summed E-state index contributed by atoms with van der Waals surface area (Å²) in [7, 11) is 0. The average Bonchev–Trinajstić information content (AvgIpc) is 3.06. The number of amides is 2. The molecule has 1 aromatic heterocycles. The van der Waals surface area contributed by atoms with Gasteiger partial charge in [-0.05, 0) is 56.7 Å². The van der Waals surface area contributed by atoms with Gasteiger partial charge < -0.3 is 15.2 Å². The molecule has 6 nitrogen and oxygen atoms in total. The Labute approximate surface area is 163 Å². The molecular weight excluding hydrogens is 366 g/mol. The van der Waals surface area contributed by atoms with Gasteiger partial charge in [-0.15, -0.1) is 0 Å². The number of benzene rings is 1. The van der Waals surface area contributed by atoms with Crippen LogP contribution in [0.1, 0.15) is 37.0 Å². The van der Waals surface area contributed by atoms with E-state index in [1.54, 1.807) is 13.0 Å². The predicted octanol–water partition coefficient (Wildman–Crippen LogP) is 3.74. The molecule has 2 aromatic rings. The van der Waals surface area contributed by atoms with Gasteiger partial charge in [0.05, 0.1) is 0 Å². The topological polar surface area (TPSA) is 84.2 Å². The maximum Gasteiger partial charge on any atom is 0.228 e. The van der Waals surface area contributed by atoms with Crippen molar-refractivity contribution in [1.82, 2.24) is 10.5 Å². The number of aromatic nitrogens is 1. The Morgan fingerprint density at radius 3 is 2.48 bits per heavy atom. The fraction of sp³-hybridized carbons (Fsp3) is 0.450. The van der Waals surface area contributed by atoms with E-state index in [9.17, 15) is 9.59 Å². The summed E-state index contributed by atoms with van der Waals surface area (Å²) >= 11 is 5.97. The van der Waals surface area contributed by atoms with Gasteiger partial charge in [0.25, 0.3) is 0 Å². The lowest BCUT2D eigenvalue weighted by Crippen LogP contribution is -2.36. The third-order valence-electron chi connectivity index (χ3n) is 4.95. The summed E-state index contributed by atoms with van der Waals surface area (Å²) in [5, 5.41) is 10.3. The van der Waals surface area contributed by atoms with Crippen LogP contribution in [0, 0.1) is 18.8 Å². The van der Waals surface area contributed by atoms with Crippen molar-refractivity contribution in [2.45, 2.75) is 39.0 Å². The third-order valence-corrected chi connectivity index (χ3v) is 5.19. The molecule has 2 amide bonds. The molecule has 0 atom stereocenters. The highest BCUT2D eigenvalue weighted by molar-refractivity contribution is 6.30. The quantitative estimate of drug-likeness (QED) is 0.788. The van der Waals surface area contributed by atoms with Crippen molar-refractivity contribution in [2.24, 2.45) is 11.8 Å². The Hall–Kier alpha value is -2.34. The van der Waals surface area contributed by atoms with Gasteiger partial charge in [-0.25, -0.2) is 0 Å². The van der Waals surface area contributed by atoms with Crippen molar-refractivity contribution in [1.29, 1.82) is 0 Å². The normalized spacial score (nSPS) is 19.5. The van der Waals surface area contributed by atoms with Crippen LogP contribution in [0.4, 0.5) is 5.82 Å². The van der Waals surface area contributed by atoms with Crippen molar-refractivity contribution in [3.05, 3.63) is 46.7 Å². The first-order chi connectivity index (χ1) is 13.0. The molecule has 7 heteroatoms.